The van der Waals surface area contributed by atoms with Crippen molar-refractivity contribution in [3.8, 4) is 5.75 Å². The fourth-order valence-corrected chi connectivity index (χ4v) is 3.53. The van der Waals surface area contributed by atoms with Crippen LogP contribution in [0.1, 0.15) is 15.9 Å². The summed E-state index contributed by atoms with van der Waals surface area (Å²) in [4.78, 5) is 21.4. The number of anilines is 1. The molecule has 0 atom stereocenters. The minimum Gasteiger partial charge on any atom is -0.495 e. The lowest BCUT2D eigenvalue weighted by Crippen LogP contribution is -2.15. The van der Waals surface area contributed by atoms with Gasteiger partial charge in [0.25, 0.3) is 15.7 Å². The fraction of sp³-hybridized carbons (Fsp3) is 0.188. The number of rotatable bonds is 6. The Morgan fingerprint density at radius 1 is 1.15 bits per heavy atom. The number of nitrogens with one attached hydrogen (secondary N) is 1. The number of non-ortho nitro benzene ring substituents is 1. The summed E-state index contributed by atoms with van der Waals surface area (Å²) in [5, 5.41) is 10.9. The van der Waals surface area contributed by atoms with Gasteiger partial charge < -0.3 is 9.47 Å². The first-order chi connectivity index (χ1) is 12.2. The number of nitro benzene ring substituents is 1. The van der Waals surface area contributed by atoms with E-state index in [4.69, 9.17) is 4.74 Å². The van der Waals surface area contributed by atoms with Crippen molar-refractivity contribution in [2.24, 2.45) is 0 Å². The number of esters is 1. The minimum absolute atomic E-state index is 0.0352. The first-order valence-corrected chi connectivity index (χ1v) is 8.72. The molecule has 10 heteroatoms. The van der Waals surface area contributed by atoms with Crippen LogP contribution in [0.5, 0.6) is 5.75 Å². The molecule has 0 amide bonds. The summed E-state index contributed by atoms with van der Waals surface area (Å²) >= 11 is 0. The Labute approximate surface area is 149 Å². The monoisotopic (exact) mass is 380 g/mol. The molecule has 2 aromatic rings. The number of nitro groups is 1. The van der Waals surface area contributed by atoms with Crippen LogP contribution in [-0.2, 0) is 14.8 Å². The van der Waals surface area contributed by atoms with Gasteiger partial charge in [0.1, 0.15) is 10.6 Å². The average molecular weight is 380 g/mol. The van der Waals surface area contributed by atoms with Crippen LogP contribution in [0.25, 0.3) is 0 Å². The van der Waals surface area contributed by atoms with Gasteiger partial charge in [-0.25, -0.2) is 13.2 Å². The highest BCUT2D eigenvalue weighted by Gasteiger charge is 2.24. The molecule has 26 heavy (non-hydrogen) atoms. The molecule has 0 aliphatic carbocycles. The van der Waals surface area contributed by atoms with Gasteiger partial charge in [0, 0.05) is 12.1 Å². The fourth-order valence-electron chi connectivity index (χ4n) is 2.21. The van der Waals surface area contributed by atoms with Gasteiger partial charge >= 0.3 is 5.97 Å². The molecule has 0 saturated carbocycles. The summed E-state index contributed by atoms with van der Waals surface area (Å²) in [6, 6.07) is 7.55. The number of hydrogen-bond donors (Lipinski definition) is 1. The topological polar surface area (TPSA) is 125 Å². The van der Waals surface area contributed by atoms with E-state index in [0.29, 0.717) is 5.56 Å². The Morgan fingerprint density at radius 2 is 1.85 bits per heavy atom. The van der Waals surface area contributed by atoms with Crippen molar-refractivity contribution in [2.45, 2.75) is 11.8 Å². The smallest absolute Gasteiger partial charge is 0.337 e. The van der Waals surface area contributed by atoms with Gasteiger partial charge in [0.05, 0.1) is 30.4 Å². The highest BCUT2D eigenvalue weighted by molar-refractivity contribution is 7.92. The molecule has 0 unspecified atom stereocenters. The maximum Gasteiger partial charge on any atom is 0.337 e. The Bertz CT molecular complexity index is 971. The molecule has 0 saturated heterocycles. The predicted molar refractivity (Wildman–Crippen MR) is 93.0 cm³/mol. The Kier molecular flexibility index (Phi) is 5.46. The molecule has 0 bridgehead atoms. The Morgan fingerprint density at radius 3 is 2.38 bits per heavy atom. The third-order valence-electron chi connectivity index (χ3n) is 3.54. The number of benzene rings is 2. The number of hydrogen-bond acceptors (Lipinski definition) is 7. The summed E-state index contributed by atoms with van der Waals surface area (Å²) in [6.45, 7) is 1.61. The third-order valence-corrected chi connectivity index (χ3v) is 4.93. The lowest BCUT2D eigenvalue weighted by atomic mass is 10.1. The summed E-state index contributed by atoms with van der Waals surface area (Å²) in [7, 11) is -1.67. The van der Waals surface area contributed by atoms with Gasteiger partial charge in [-0.15, -0.1) is 0 Å². The molecule has 1 N–H and O–H groups in total. The van der Waals surface area contributed by atoms with Crippen molar-refractivity contribution in [3.05, 3.63) is 57.6 Å². The van der Waals surface area contributed by atoms with Crippen LogP contribution in [-0.4, -0.2) is 33.5 Å². The standard InChI is InChI=1S/C16H16N2O7S/c1-10-8-11(16(19)25-3)4-6-13(10)17-26(22,23)15-9-12(18(20)21)5-7-14(15)24-2/h4-9,17H,1-3H3. The molecule has 0 aliphatic rings. The van der Waals surface area contributed by atoms with Crippen molar-refractivity contribution in [3.63, 3.8) is 0 Å². The first-order valence-electron chi connectivity index (χ1n) is 7.24. The van der Waals surface area contributed by atoms with Crippen LogP contribution < -0.4 is 9.46 Å². The molecule has 0 radical (unpaired) electrons. The summed E-state index contributed by atoms with van der Waals surface area (Å²) in [5.74, 6) is -0.588. The maximum atomic E-state index is 12.7. The van der Waals surface area contributed by atoms with Crippen LogP contribution in [0.3, 0.4) is 0 Å². The van der Waals surface area contributed by atoms with E-state index in [9.17, 15) is 23.3 Å². The zero-order valence-electron chi connectivity index (χ0n) is 14.2. The van der Waals surface area contributed by atoms with E-state index >= 15 is 0 Å². The summed E-state index contributed by atoms with van der Waals surface area (Å²) < 4.78 is 37.3. The molecule has 0 fully saturated rings. The predicted octanol–water partition coefficient (Wildman–Crippen LogP) is 2.50. The van der Waals surface area contributed by atoms with E-state index < -0.39 is 20.9 Å². The molecule has 138 valence electrons. The second kappa shape index (κ2) is 7.40. The van der Waals surface area contributed by atoms with Crippen LogP contribution in [0, 0.1) is 17.0 Å². The van der Waals surface area contributed by atoms with Crippen LogP contribution >= 0.6 is 0 Å². The van der Waals surface area contributed by atoms with Crippen LogP contribution in [0.15, 0.2) is 41.3 Å². The molecule has 2 aromatic carbocycles. The van der Waals surface area contributed by atoms with Gasteiger partial charge in [-0.1, -0.05) is 0 Å². The number of ether oxygens (including phenoxy) is 2. The van der Waals surface area contributed by atoms with E-state index in [1.807, 2.05) is 0 Å². The highest BCUT2D eigenvalue weighted by atomic mass is 32.2. The quantitative estimate of drug-likeness (QED) is 0.464. The van der Waals surface area contributed by atoms with Crippen molar-refractivity contribution in [2.75, 3.05) is 18.9 Å². The van der Waals surface area contributed by atoms with Crippen molar-refractivity contribution < 1.29 is 27.6 Å². The zero-order valence-corrected chi connectivity index (χ0v) is 15.0. The second-order valence-corrected chi connectivity index (χ2v) is 6.87. The highest BCUT2D eigenvalue weighted by Crippen LogP contribution is 2.30. The first kappa shape index (κ1) is 19.2. The van der Waals surface area contributed by atoms with Crippen LogP contribution in [0.2, 0.25) is 0 Å². The van der Waals surface area contributed by atoms with Gasteiger partial charge in [0.2, 0.25) is 0 Å². The number of nitrogens with zero attached hydrogens (tertiary/aromatic N) is 1. The molecular formula is C16H16N2O7S. The molecule has 2 rings (SSSR count). The Balaban J connectivity index is 2.45. The number of carbonyl (C=O) groups is 1. The summed E-state index contributed by atoms with van der Waals surface area (Å²) in [5.41, 5.74) is 0.567. The SMILES string of the molecule is COC(=O)c1ccc(NS(=O)(=O)c2cc([N+](=O)[O-])ccc2OC)c(C)c1. The number of methoxy groups -OCH3 is 2. The Hall–Kier alpha value is -3.14. The van der Waals surface area contributed by atoms with Crippen LogP contribution in [0.4, 0.5) is 11.4 Å². The largest absolute Gasteiger partial charge is 0.495 e. The van der Waals surface area contributed by atoms with E-state index in [1.165, 1.54) is 38.5 Å². The number of carbonyl (C=O) groups excluding carboxylic acids is 1. The number of sulfonamides is 1. The van der Waals surface area contributed by atoms with E-state index in [-0.39, 0.29) is 27.6 Å². The van der Waals surface area contributed by atoms with Gasteiger partial charge in [-0.3, -0.25) is 14.8 Å². The summed E-state index contributed by atoms with van der Waals surface area (Å²) in [6.07, 6.45) is 0. The molecule has 0 heterocycles. The van der Waals surface area contributed by atoms with Gasteiger partial charge in [-0.2, -0.15) is 0 Å². The van der Waals surface area contributed by atoms with Gasteiger partial charge in [0.15, 0.2) is 0 Å². The van der Waals surface area contributed by atoms with E-state index in [2.05, 4.69) is 9.46 Å². The lowest BCUT2D eigenvalue weighted by molar-refractivity contribution is -0.385. The molecular weight excluding hydrogens is 364 g/mol. The van der Waals surface area contributed by atoms with Crippen molar-refractivity contribution in [1.29, 1.82) is 0 Å². The van der Waals surface area contributed by atoms with Crippen molar-refractivity contribution in [1.82, 2.24) is 0 Å². The molecule has 0 aromatic heterocycles. The van der Waals surface area contributed by atoms with E-state index in [0.717, 1.165) is 12.1 Å². The third kappa shape index (κ3) is 3.91. The molecule has 0 aliphatic heterocycles. The molecule has 0 spiro atoms. The lowest BCUT2D eigenvalue weighted by Gasteiger charge is -2.13. The number of aryl methyl sites for hydroxylation is 1. The maximum absolute atomic E-state index is 12.7. The minimum atomic E-state index is -4.17. The molecule has 9 nitrogen and oxygen atoms in total. The van der Waals surface area contributed by atoms with Crippen molar-refractivity contribution >= 4 is 27.4 Å². The zero-order chi connectivity index (χ0) is 19.5. The second-order valence-electron chi connectivity index (χ2n) is 5.22. The average Bonchev–Trinajstić information content (AvgIpc) is 2.61. The normalized spacial score (nSPS) is 10.9. The van der Waals surface area contributed by atoms with E-state index in [1.54, 1.807) is 6.92 Å². The van der Waals surface area contributed by atoms with Gasteiger partial charge in [-0.05, 0) is 36.8 Å².